The Morgan fingerprint density at radius 3 is 2.56 bits per heavy atom. The van der Waals surface area contributed by atoms with Gasteiger partial charge in [0.05, 0.1) is 0 Å². The number of nitrogens with zero attached hydrogens (tertiary/aromatic N) is 1. The number of hydrogen-bond acceptors (Lipinski definition) is 4. The van der Waals surface area contributed by atoms with Crippen LogP contribution in [0.15, 0.2) is 12.7 Å². The molecule has 6 nitrogen and oxygen atoms in total. The van der Waals surface area contributed by atoms with Gasteiger partial charge in [-0.15, -0.1) is 0 Å². The fourth-order valence-electron chi connectivity index (χ4n) is 1.99. The molecular weight excluding hydrogens is 238 g/mol. The maximum atomic E-state index is 11.5. The largest absolute Gasteiger partial charge is 0.479 e. The maximum Gasteiger partial charge on any atom is 0.410 e. The minimum Gasteiger partial charge on any atom is -0.479 e. The van der Waals surface area contributed by atoms with E-state index < -0.39 is 12.1 Å². The number of carboxylic acid groups (broad SMARTS) is 1. The lowest BCUT2D eigenvalue weighted by atomic mass is 9.91. The molecule has 0 aliphatic carbocycles. The quantitative estimate of drug-likeness (QED) is 0.713. The maximum absolute atomic E-state index is 11.5. The molecule has 18 heavy (non-hydrogen) atoms. The average molecular weight is 257 g/mol. The average Bonchev–Trinajstić information content (AvgIpc) is 2.36. The molecular formula is C12H19NO5. The summed E-state index contributed by atoms with van der Waals surface area (Å²) in [6.07, 6.45) is 1.45. The summed E-state index contributed by atoms with van der Waals surface area (Å²) in [6.45, 7) is 4.72. The van der Waals surface area contributed by atoms with Crippen LogP contribution in [0.2, 0.25) is 0 Å². The molecule has 0 aromatic heterocycles. The second-order valence-electron chi connectivity index (χ2n) is 4.39. The van der Waals surface area contributed by atoms with Crippen molar-refractivity contribution in [2.45, 2.75) is 25.4 Å². The first-order valence-corrected chi connectivity index (χ1v) is 5.98. The van der Waals surface area contributed by atoms with Gasteiger partial charge in [0.25, 0.3) is 0 Å². The van der Waals surface area contributed by atoms with Crippen molar-refractivity contribution in [2.75, 3.05) is 19.7 Å². The fourth-order valence-corrected chi connectivity index (χ4v) is 1.99. The van der Waals surface area contributed by atoms with Crippen LogP contribution in [-0.2, 0) is 9.53 Å². The Bertz CT molecular complexity index is 310. The molecule has 6 heteroatoms. The summed E-state index contributed by atoms with van der Waals surface area (Å²) in [5, 5.41) is 17.9. The fraction of sp³-hybridized carbons (Fsp3) is 0.667. The number of hydrogen-bond donors (Lipinski definition) is 2. The third kappa shape index (κ3) is 4.37. The SMILES string of the molecule is C=CCOC(=O)N1CCC(CC(O)C(=O)O)CC1. The van der Waals surface area contributed by atoms with Crippen molar-refractivity contribution in [2.24, 2.45) is 5.92 Å². The smallest absolute Gasteiger partial charge is 0.410 e. The number of aliphatic hydroxyl groups excluding tert-OH is 1. The van der Waals surface area contributed by atoms with Gasteiger partial charge in [-0.25, -0.2) is 9.59 Å². The number of aliphatic hydroxyl groups is 1. The van der Waals surface area contributed by atoms with Gasteiger partial charge in [-0.3, -0.25) is 0 Å². The highest BCUT2D eigenvalue weighted by Gasteiger charge is 2.26. The Kier molecular flexibility index (Phi) is 5.64. The number of ether oxygens (including phenoxy) is 1. The van der Waals surface area contributed by atoms with Crippen LogP contribution in [-0.4, -0.2) is 53.0 Å². The predicted molar refractivity (Wildman–Crippen MR) is 64.1 cm³/mol. The van der Waals surface area contributed by atoms with Crippen molar-refractivity contribution in [1.82, 2.24) is 4.90 Å². The number of rotatable bonds is 5. The van der Waals surface area contributed by atoms with Crippen molar-refractivity contribution in [3.63, 3.8) is 0 Å². The molecule has 1 saturated heterocycles. The van der Waals surface area contributed by atoms with E-state index in [1.54, 1.807) is 4.90 Å². The lowest BCUT2D eigenvalue weighted by Gasteiger charge is -2.31. The molecule has 1 fully saturated rings. The lowest BCUT2D eigenvalue weighted by Crippen LogP contribution is -2.40. The van der Waals surface area contributed by atoms with Gasteiger partial charge in [0.15, 0.2) is 6.10 Å². The Hall–Kier alpha value is -1.56. The minimum absolute atomic E-state index is 0.138. The van der Waals surface area contributed by atoms with Crippen LogP contribution in [0.25, 0.3) is 0 Å². The monoisotopic (exact) mass is 257 g/mol. The third-order valence-electron chi connectivity index (χ3n) is 3.04. The van der Waals surface area contributed by atoms with Gasteiger partial charge in [0, 0.05) is 13.1 Å². The normalized spacial score (nSPS) is 18.2. The van der Waals surface area contributed by atoms with Gasteiger partial charge in [0.1, 0.15) is 6.61 Å². The summed E-state index contributed by atoms with van der Waals surface area (Å²) >= 11 is 0. The molecule has 102 valence electrons. The minimum atomic E-state index is -1.31. The zero-order valence-corrected chi connectivity index (χ0v) is 10.2. The first-order valence-electron chi connectivity index (χ1n) is 5.98. The Morgan fingerprint density at radius 1 is 1.44 bits per heavy atom. The van der Waals surface area contributed by atoms with E-state index in [0.717, 1.165) is 0 Å². The number of carboxylic acids is 1. The van der Waals surface area contributed by atoms with Crippen LogP contribution in [0.4, 0.5) is 4.79 Å². The van der Waals surface area contributed by atoms with E-state index in [1.165, 1.54) is 6.08 Å². The molecule has 0 aromatic rings. The van der Waals surface area contributed by atoms with Crippen LogP contribution < -0.4 is 0 Å². The highest BCUT2D eigenvalue weighted by atomic mass is 16.6. The van der Waals surface area contributed by atoms with Gasteiger partial charge in [-0.05, 0) is 25.2 Å². The summed E-state index contributed by atoms with van der Waals surface area (Å²) in [7, 11) is 0. The second-order valence-corrected chi connectivity index (χ2v) is 4.39. The van der Waals surface area contributed by atoms with Crippen LogP contribution in [0.5, 0.6) is 0 Å². The topological polar surface area (TPSA) is 87.1 Å². The van der Waals surface area contributed by atoms with Gasteiger partial charge < -0.3 is 19.8 Å². The van der Waals surface area contributed by atoms with Crippen LogP contribution in [0.1, 0.15) is 19.3 Å². The van der Waals surface area contributed by atoms with Crippen molar-refractivity contribution >= 4 is 12.1 Å². The molecule has 1 rings (SSSR count). The summed E-state index contributed by atoms with van der Waals surface area (Å²) in [5.41, 5.74) is 0. The molecule has 1 unspecified atom stereocenters. The van der Waals surface area contributed by atoms with E-state index >= 15 is 0 Å². The molecule has 1 aliphatic heterocycles. The van der Waals surface area contributed by atoms with Crippen LogP contribution >= 0.6 is 0 Å². The van der Waals surface area contributed by atoms with E-state index in [4.69, 9.17) is 9.84 Å². The van der Waals surface area contributed by atoms with E-state index in [0.29, 0.717) is 25.9 Å². The molecule has 1 atom stereocenters. The van der Waals surface area contributed by atoms with E-state index in [1.807, 2.05) is 0 Å². The van der Waals surface area contributed by atoms with Gasteiger partial charge in [0.2, 0.25) is 0 Å². The number of carbonyl (C=O) groups is 2. The number of aliphatic carboxylic acids is 1. The van der Waals surface area contributed by atoms with Gasteiger partial charge >= 0.3 is 12.1 Å². The number of amides is 1. The third-order valence-corrected chi connectivity index (χ3v) is 3.04. The van der Waals surface area contributed by atoms with E-state index in [2.05, 4.69) is 6.58 Å². The van der Waals surface area contributed by atoms with Crippen molar-refractivity contribution < 1.29 is 24.5 Å². The molecule has 0 saturated carbocycles. The summed E-state index contributed by atoms with van der Waals surface area (Å²) in [6, 6.07) is 0. The van der Waals surface area contributed by atoms with E-state index in [-0.39, 0.29) is 25.0 Å². The first-order chi connectivity index (χ1) is 8.54. The standard InChI is InChI=1S/C12H19NO5/c1-2-7-18-12(17)13-5-3-9(4-6-13)8-10(14)11(15)16/h2,9-10,14H,1,3-8H2,(H,15,16). The van der Waals surface area contributed by atoms with E-state index in [9.17, 15) is 14.7 Å². The first kappa shape index (κ1) is 14.5. The molecule has 1 amide bonds. The van der Waals surface area contributed by atoms with Gasteiger partial charge in [-0.2, -0.15) is 0 Å². The second kappa shape index (κ2) is 7.00. The van der Waals surface area contributed by atoms with Crippen LogP contribution in [0.3, 0.4) is 0 Å². The molecule has 0 spiro atoms. The summed E-state index contributed by atoms with van der Waals surface area (Å²) in [5.74, 6) is -1.05. The molecule has 0 aromatic carbocycles. The zero-order valence-electron chi connectivity index (χ0n) is 10.2. The highest BCUT2D eigenvalue weighted by molar-refractivity contribution is 5.71. The number of likely N-dealkylation sites (tertiary alicyclic amines) is 1. The molecule has 0 bridgehead atoms. The van der Waals surface area contributed by atoms with Crippen molar-refractivity contribution in [1.29, 1.82) is 0 Å². The molecule has 0 radical (unpaired) electrons. The Morgan fingerprint density at radius 2 is 2.06 bits per heavy atom. The molecule has 1 aliphatic rings. The zero-order chi connectivity index (χ0) is 13.5. The van der Waals surface area contributed by atoms with Crippen molar-refractivity contribution in [3.8, 4) is 0 Å². The summed E-state index contributed by atoms with van der Waals surface area (Å²) in [4.78, 5) is 23.6. The van der Waals surface area contributed by atoms with Crippen molar-refractivity contribution in [3.05, 3.63) is 12.7 Å². The molecule has 2 N–H and O–H groups in total. The Labute approximate surface area is 106 Å². The lowest BCUT2D eigenvalue weighted by molar-refractivity contribution is -0.147. The Balaban J connectivity index is 2.30. The predicted octanol–water partition coefficient (Wildman–Crippen LogP) is 0.857. The summed E-state index contributed by atoms with van der Waals surface area (Å²) < 4.78 is 4.91. The number of piperidine rings is 1. The highest BCUT2D eigenvalue weighted by Crippen LogP contribution is 2.22. The number of carbonyl (C=O) groups excluding carboxylic acids is 1. The molecule has 1 heterocycles. The van der Waals surface area contributed by atoms with Crippen LogP contribution in [0, 0.1) is 5.92 Å². The van der Waals surface area contributed by atoms with Gasteiger partial charge in [-0.1, -0.05) is 12.7 Å².